The van der Waals surface area contributed by atoms with Crippen molar-refractivity contribution in [3.8, 4) is 0 Å². The number of para-hydroxylation sites is 1. The van der Waals surface area contributed by atoms with Gasteiger partial charge in [0.25, 0.3) is 0 Å². The van der Waals surface area contributed by atoms with Crippen LogP contribution in [-0.2, 0) is 11.2 Å². The van der Waals surface area contributed by atoms with Crippen LogP contribution < -0.4 is 10.2 Å². The summed E-state index contributed by atoms with van der Waals surface area (Å²) in [6.45, 7) is 1.67. The number of amides is 1. The Balaban J connectivity index is 1.48. The van der Waals surface area contributed by atoms with E-state index in [1.807, 2.05) is 11.0 Å². The molecule has 0 bridgehead atoms. The molecule has 0 saturated heterocycles. The molecule has 0 aromatic heterocycles. The molecule has 0 unspecified atom stereocenters. The number of nitrogens with zero attached hydrogens (tertiary/aromatic N) is 1. The Morgan fingerprint density at radius 2 is 2.00 bits per heavy atom. The van der Waals surface area contributed by atoms with Gasteiger partial charge in [-0.15, -0.1) is 0 Å². The predicted octanol–water partition coefficient (Wildman–Crippen LogP) is 2.89. The highest BCUT2D eigenvalue weighted by Gasteiger charge is 2.23. The lowest BCUT2D eigenvalue weighted by Gasteiger charge is -2.23. The molecular weight excluding hydrogens is 248 g/mol. The van der Waals surface area contributed by atoms with Crippen molar-refractivity contribution in [2.24, 2.45) is 0 Å². The molecule has 1 amide bonds. The summed E-state index contributed by atoms with van der Waals surface area (Å²) in [5, 5.41) is 3.55. The Morgan fingerprint density at radius 1 is 1.20 bits per heavy atom. The van der Waals surface area contributed by atoms with E-state index in [-0.39, 0.29) is 5.91 Å². The summed E-state index contributed by atoms with van der Waals surface area (Å²) in [5.74, 6) is 0.262. The number of hydrogen-bond donors (Lipinski definition) is 1. The predicted molar refractivity (Wildman–Crippen MR) is 82.0 cm³/mol. The van der Waals surface area contributed by atoms with Gasteiger partial charge < -0.3 is 10.2 Å². The number of carbonyl (C=O) groups is 1. The monoisotopic (exact) mass is 272 g/mol. The van der Waals surface area contributed by atoms with Gasteiger partial charge in [-0.05, 0) is 30.9 Å². The highest BCUT2D eigenvalue weighted by atomic mass is 16.2. The molecule has 1 aliphatic carbocycles. The molecule has 0 atom stereocenters. The van der Waals surface area contributed by atoms with Crippen LogP contribution in [-0.4, -0.2) is 25.0 Å². The lowest BCUT2D eigenvalue weighted by Crippen LogP contribution is -2.36. The van der Waals surface area contributed by atoms with Crippen LogP contribution in [0.1, 0.15) is 44.1 Å². The summed E-state index contributed by atoms with van der Waals surface area (Å²) in [6, 6.07) is 8.90. The highest BCUT2D eigenvalue weighted by Crippen LogP contribution is 2.27. The second kappa shape index (κ2) is 6.40. The zero-order valence-electron chi connectivity index (χ0n) is 12.1. The molecule has 3 nitrogen and oxygen atoms in total. The van der Waals surface area contributed by atoms with Gasteiger partial charge in [0.15, 0.2) is 0 Å². The van der Waals surface area contributed by atoms with E-state index in [9.17, 15) is 4.79 Å². The summed E-state index contributed by atoms with van der Waals surface area (Å²) in [7, 11) is 0. The Morgan fingerprint density at radius 3 is 2.85 bits per heavy atom. The van der Waals surface area contributed by atoms with Crippen molar-refractivity contribution in [3.63, 3.8) is 0 Å². The summed E-state index contributed by atoms with van der Waals surface area (Å²) < 4.78 is 0. The first-order valence-corrected chi connectivity index (χ1v) is 7.96. The number of rotatable bonds is 4. The first-order valence-electron chi connectivity index (χ1n) is 7.96. The van der Waals surface area contributed by atoms with Crippen LogP contribution in [0.2, 0.25) is 0 Å². The molecule has 0 radical (unpaired) electrons. The van der Waals surface area contributed by atoms with Crippen LogP contribution in [0.4, 0.5) is 5.69 Å². The van der Waals surface area contributed by atoms with Crippen molar-refractivity contribution in [2.45, 2.75) is 51.0 Å². The fraction of sp³-hybridized carbons (Fsp3) is 0.588. The lowest BCUT2D eigenvalue weighted by molar-refractivity contribution is -0.118. The molecule has 0 spiro atoms. The quantitative estimate of drug-likeness (QED) is 0.914. The summed E-state index contributed by atoms with van der Waals surface area (Å²) in [4.78, 5) is 14.3. The number of fused-ring (bicyclic) bond motifs is 1. The number of benzene rings is 1. The number of carbonyl (C=O) groups excluding carboxylic acids is 1. The molecular formula is C17H24N2O. The molecule has 1 aliphatic heterocycles. The molecule has 1 heterocycles. The third-order valence-corrected chi connectivity index (χ3v) is 4.57. The SMILES string of the molecule is O=C(CCNC1CCCCC1)N1CCc2ccccc21. The van der Waals surface area contributed by atoms with Gasteiger partial charge in [0, 0.05) is 31.2 Å². The van der Waals surface area contributed by atoms with Crippen molar-refractivity contribution in [3.05, 3.63) is 29.8 Å². The zero-order chi connectivity index (χ0) is 13.8. The van der Waals surface area contributed by atoms with E-state index in [2.05, 4.69) is 23.5 Å². The van der Waals surface area contributed by atoms with E-state index in [4.69, 9.17) is 0 Å². The summed E-state index contributed by atoms with van der Waals surface area (Å²) >= 11 is 0. The van der Waals surface area contributed by atoms with Gasteiger partial charge >= 0.3 is 0 Å². The normalized spacial score (nSPS) is 19.1. The minimum absolute atomic E-state index is 0.262. The minimum atomic E-state index is 0.262. The van der Waals surface area contributed by atoms with Gasteiger partial charge in [-0.3, -0.25) is 4.79 Å². The van der Waals surface area contributed by atoms with E-state index in [1.54, 1.807) is 0 Å². The van der Waals surface area contributed by atoms with Crippen LogP contribution >= 0.6 is 0 Å². The van der Waals surface area contributed by atoms with Crippen molar-refractivity contribution >= 4 is 11.6 Å². The maximum atomic E-state index is 12.3. The van der Waals surface area contributed by atoms with Gasteiger partial charge in [0.05, 0.1) is 0 Å². The van der Waals surface area contributed by atoms with E-state index >= 15 is 0 Å². The first-order chi connectivity index (χ1) is 9.84. The molecule has 3 rings (SSSR count). The molecule has 108 valence electrons. The topological polar surface area (TPSA) is 32.3 Å². The largest absolute Gasteiger partial charge is 0.313 e. The Kier molecular flexibility index (Phi) is 4.36. The summed E-state index contributed by atoms with van der Waals surface area (Å²) in [5.41, 5.74) is 2.43. The van der Waals surface area contributed by atoms with E-state index < -0.39 is 0 Å². The third kappa shape index (κ3) is 3.04. The highest BCUT2D eigenvalue weighted by molar-refractivity contribution is 5.95. The number of hydrogen-bond acceptors (Lipinski definition) is 2. The van der Waals surface area contributed by atoms with Crippen LogP contribution in [0.5, 0.6) is 0 Å². The van der Waals surface area contributed by atoms with Crippen LogP contribution in [0.15, 0.2) is 24.3 Å². The van der Waals surface area contributed by atoms with Gasteiger partial charge in [-0.1, -0.05) is 37.5 Å². The molecule has 1 aromatic carbocycles. The second-order valence-corrected chi connectivity index (χ2v) is 5.96. The first kappa shape index (κ1) is 13.6. The second-order valence-electron chi connectivity index (χ2n) is 5.96. The standard InChI is InChI=1S/C17H24N2O/c20-17(10-12-18-15-7-2-1-3-8-15)19-13-11-14-6-4-5-9-16(14)19/h4-6,9,15,18H,1-3,7-8,10-13H2. The average Bonchev–Trinajstić information content (AvgIpc) is 2.92. The van der Waals surface area contributed by atoms with Gasteiger partial charge in [-0.25, -0.2) is 0 Å². The van der Waals surface area contributed by atoms with Gasteiger partial charge in [-0.2, -0.15) is 0 Å². The third-order valence-electron chi connectivity index (χ3n) is 4.57. The summed E-state index contributed by atoms with van der Waals surface area (Å²) in [6.07, 6.45) is 8.22. The van der Waals surface area contributed by atoms with E-state index in [0.717, 1.165) is 25.2 Å². The van der Waals surface area contributed by atoms with Gasteiger partial charge in [0.1, 0.15) is 0 Å². The van der Waals surface area contributed by atoms with Crippen molar-refractivity contribution in [2.75, 3.05) is 18.0 Å². The zero-order valence-corrected chi connectivity index (χ0v) is 12.1. The molecule has 1 N–H and O–H groups in total. The molecule has 2 aliphatic rings. The molecule has 1 saturated carbocycles. The van der Waals surface area contributed by atoms with E-state index in [0.29, 0.717) is 12.5 Å². The van der Waals surface area contributed by atoms with Gasteiger partial charge in [0.2, 0.25) is 5.91 Å². The smallest absolute Gasteiger partial charge is 0.228 e. The molecule has 1 aromatic rings. The Labute approximate surface area is 121 Å². The number of anilines is 1. The molecule has 20 heavy (non-hydrogen) atoms. The fourth-order valence-electron chi connectivity index (χ4n) is 3.42. The average molecular weight is 272 g/mol. The maximum absolute atomic E-state index is 12.3. The number of nitrogens with one attached hydrogen (secondary N) is 1. The van der Waals surface area contributed by atoms with Crippen molar-refractivity contribution < 1.29 is 4.79 Å². The van der Waals surface area contributed by atoms with E-state index in [1.165, 1.54) is 37.7 Å². The van der Waals surface area contributed by atoms with Crippen molar-refractivity contribution in [1.82, 2.24) is 5.32 Å². The van der Waals surface area contributed by atoms with Crippen molar-refractivity contribution in [1.29, 1.82) is 0 Å². The lowest BCUT2D eigenvalue weighted by atomic mass is 9.95. The minimum Gasteiger partial charge on any atom is -0.313 e. The Bertz CT molecular complexity index is 466. The molecule has 3 heteroatoms. The van der Waals surface area contributed by atoms with Crippen LogP contribution in [0.25, 0.3) is 0 Å². The van der Waals surface area contributed by atoms with Crippen LogP contribution in [0.3, 0.4) is 0 Å². The fourth-order valence-corrected chi connectivity index (χ4v) is 3.42. The van der Waals surface area contributed by atoms with Crippen LogP contribution in [0, 0.1) is 0 Å². The maximum Gasteiger partial charge on any atom is 0.228 e. The molecule has 1 fully saturated rings. The Hall–Kier alpha value is -1.35.